The van der Waals surface area contributed by atoms with Crippen LogP contribution in [0.4, 0.5) is 0 Å². The molecule has 0 amide bonds. The van der Waals surface area contributed by atoms with Gasteiger partial charge in [-0.05, 0) is 71.6 Å². The summed E-state index contributed by atoms with van der Waals surface area (Å²) in [7, 11) is 0. The van der Waals surface area contributed by atoms with Crippen LogP contribution in [0.3, 0.4) is 0 Å². The van der Waals surface area contributed by atoms with E-state index in [0.717, 1.165) is 19.4 Å². The summed E-state index contributed by atoms with van der Waals surface area (Å²) in [6.45, 7) is 11.5. The zero-order valence-corrected chi connectivity index (χ0v) is 16.6. The summed E-state index contributed by atoms with van der Waals surface area (Å²) >= 11 is 0. The molecule has 2 aliphatic carbocycles. The lowest BCUT2D eigenvalue weighted by atomic mass is 9.50. The van der Waals surface area contributed by atoms with E-state index < -0.39 is 5.97 Å². The van der Waals surface area contributed by atoms with E-state index in [9.17, 15) is 0 Å². The van der Waals surface area contributed by atoms with Crippen molar-refractivity contribution in [3.63, 3.8) is 0 Å². The highest BCUT2D eigenvalue weighted by Crippen LogP contribution is 2.56. The lowest BCUT2D eigenvalue weighted by molar-refractivity contribution is -0.134. The molecule has 25 heavy (non-hydrogen) atoms. The van der Waals surface area contributed by atoms with Gasteiger partial charge in [0.1, 0.15) is 0 Å². The Balaban J connectivity index is 0.000000511. The summed E-state index contributed by atoms with van der Waals surface area (Å²) in [6, 6.07) is 7.29. The second-order valence-electron chi connectivity index (χ2n) is 8.81. The van der Waals surface area contributed by atoms with E-state index in [-0.39, 0.29) is 0 Å². The van der Waals surface area contributed by atoms with Crippen molar-refractivity contribution >= 4 is 5.97 Å². The third kappa shape index (κ3) is 3.92. The largest absolute Gasteiger partial charge is 0.481 e. The Labute approximate surface area is 153 Å². The molecule has 0 bridgehead atoms. The Morgan fingerprint density at radius 3 is 2.52 bits per heavy atom. The van der Waals surface area contributed by atoms with Crippen LogP contribution in [-0.2, 0) is 16.6 Å². The molecule has 0 heterocycles. The normalized spacial score (nSPS) is 30.8. The molecule has 1 saturated carbocycles. The number of nitrogens with two attached hydrogens (primary N) is 1. The van der Waals surface area contributed by atoms with Crippen molar-refractivity contribution in [3.8, 4) is 0 Å². The van der Waals surface area contributed by atoms with Crippen molar-refractivity contribution in [1.29, 1.82) is 0 Å². The molecule has 1 aromatic rings. The number of carbonyl (C=O) groups is 1. The van der Waals surface area contributed by atoms with Crippen molar-refractivity contribution < 1.29 is 9.90 Å². The van der Waals surface area contributed by atoms with Gasteiger partial charge < -0.3 is 10.8 Å². The van der Waals surface area contributed by atoms with Crippen molar-refractivity contribution in [2.45, 2.75) is 78.1 Å². The van der Waals surface area contributed by atoms with Gasteiger partial charge in [-0.25, -0.2) is 0 Å². The maximum atomic E-state index is 9.00. The third-order valence-electron chi connectivity index (χ3n) is 6.63. The highest BCUT2D eigenvalue weighted by Gasteiger charge is 2.50. The van der Waals surface area contributed by atoms with Crippen LogP contribution in [-0.4, -0.2) is 17.6 Å². The van der Waals surface area contributed by atoms with Gasteiger partial charge in [-0.2, -0.15) is 0 Å². The summed E-state index contributed by atoms with van der Waals surface area (Å²) in [4.78, 5) is 9.00. The Morgan fingerprint density at radius 1 is 1.32 bits per heavy atom. The molecule has 0 radical (unpaired) electrons. The number of carboxylic acids is 1. The van der Waals surface area contributed by atoms with Gasteiger partial charge >= 0.3 is 0 Å². The van der Waals surface area contributed by atoms with Gasteiger partial charge in [0, 0.05) is 6.92 Å². The molecular weight excluding hydrogens is 310 g/mol. The minimum absolute atomic E-state index is 0.335. The Hall–Kier alpha value is -1.35. The fraction of sp³-hybridized carbons (Fsp3) is 0.682. The zero-order chi connectivity index (χ0) is 18.8. The van der Waals surface area contributed by atoms with E-state index in [1.54, 1.807) is 11.1 Å². The van der Waals surface area contributed by atoms with Crippen LogP contribution in [0.15, 0.2) is 18.2 Å². The maximum Gasteiger partial charge on any atom is 0.300 e. The number of aryl methyl sites for hydroxylation is 1. The molecule has 0 spiro atoms. The topological polar surface area (TPSA) is 63.3 Å². The minimum atomic E-state index is -0.833. The summed E-state index contributed by atoms with van der Waals surface area (Å²) in [6.07, 6.45) is 6.53. The van der Waals surface area contributed by atoms with E-state index in [2.05, 4.69) is 45.9 Å². The molecule has 3 nitrogen and oxygen atoms in total. The minimum Gasteiger partial charge on any atom is -0.481 e. The van der Waals surface area contributed by atoms with Crippen molar-refractivity contribution in [2.24, 2.45) is 17.1 Å². The smallest absolute Gasteiger partial charge is 0.300 e. The lowest BCUT2D eigenvalue weighted by Gasteiger charge is -2.55. The van der Waals surface area contributed by atoms with E-state index in [0.29, 0.717) is 16.7 Å². The van der Waals surface area contributed by atoms with Gasteiger partial charge in [0.15, 0.2) is 0 Å². The van der Waals surface area contributed by atoms with Crippen LogP contribution in [0.2, 0.25) is 0 Å². The Morgan fingerprint density at radius 2 is 1.96 bits per heavy atom. The number of hydrogen-bond donors (Lipinski definition) is 2. The van der Waals surface area contributed by atoms with E-state index in [1.807, 2.05) is 0 Å². The molecule has 1 fully saturated rings. The van der Waals surface area contributed by atoms with E-state index in [4.69, 9.17) is 15.6 Å². The third-order valence-corrected chi connectivity index (χ3v) is 6.63. The van der Waals surface area contributed by atoms with Crippen molar-refractivity contribution in [2.75, 3.05) is 6.54 Å². The molecule has 2 unspecified atom stereocenters. The molecule has 0 aliphatic heterocycles. The van der Waals surface area contributed by atoms with Crippen LogP contribution >= 0.6 is 0 Å². The first-order valence-corrected chi connectivity index (χ1v) is 9.67. The first kappa shape index (κ1) is 20.0. The quantitative estimate of drug-likeness (QED) is 0.804. The van der Waals surface area contributed by atoms with Gasteiger partial charge in [0.25, 0.3) is 5.97 Å². The van der Waals surface area contributed by atoms with Gasteiger partial charge in [-0.1, -0.05) is 52.3 Å². The molecule has 2 aliphatic rings. The lowest BCUT2D eigenvalue weighted by Crippen LogP contribution is -2.51. The van der Waals surface area contributed by atoms with Gasteiger partial charge in [0.05, 0.1) is 0 Å². The van der Waals surface area contributed by atoms with Crippen LogP contribution in [0.5, 0.6) is 0 Å². The highest BCUT2D eigenvalue weighted by molar-refractivity contribution is 5.62. The summed E-state index contributed by atoms with van der Waals surface area (Å²) in [5.41, 5.74) is 11.6. The first-order valence-electron chi connectivity index (χ1n) is 9.67. The highest BCUT2D eigenvalue weighted by atomic mass is 16.4. The average Bonchev–Trinajstić information content (AvgIpc) is 2.53. The Kier molecular flexibility index (Phi) is 5.98. The average molecular weight is 346 g/mol. The summed E-state index contributed by atoms with van der Waals surface area (Å²) in [5, 5.41) is 7.42. The monoisotopic (exact) mass is 345 g/mol. The molecule has 3 N–H and O–H groups in total. The number of carboxylic acid groups (broad SMARTS) is 1. The molecule has 3 rings (SSSR count). The zero-order valence-electron chi connectivity index (χ0n) is 16.6. The molecule has 3 atom stereocenters. The number of benzene rings is 1. The van der Waals surface area contributed by atoms with Crippen LogP contribution < -0.4 is 5.73 Å². The first-order chi connectivity index (χ1) is 11.6. The molecule has 0 saturated heterocycles. The van der Waals surface area contributed by atoms with Crippen LogP contribution in [0.25, 0.3) is 0 Å². The van der Waals surface area contributed by atoms with Crippen LogP contribution in [0.1, 0.15) is 82.9 Å². The molecule has 1 aromatic carbocycles. The second kappa shape index (κ2) is 7.49. The van der Waals surface area contributed by atoms with E-state index in [1.165, 1.54) is 37.7 Å². The molecule has 140 valence electrons. The molecule has 0 aromatic heterocycles. The molecular formula is C22H35NO2. The maximum absolute atomic E-state index is 9.00. The summed E-state index contributed by atoms with van der Waals surface area (Å²) < 4.78 is 0. The van der Waals surface area contributed by atoms with Crippen molar-refractivity contribution in [1.82, 2.24) is 0 Å². The fourth-order valence-electron chi connectivity index (χ4n) is 5.25. The predicted molar refractivity (Wildman–Crippen MR) is 104 cm³/mol. The van der Waals surface area contributed by atoms with Gasteiger partial charge in [-0.3, -0.25) is 4.79 Å². The number of fused-ring (bicyclic) bond motifs is 3. The number of rotatable bonds is 2. The standard InChI is InChI=1S/C20H31N.C2H4O2/c1-14(2)15-6-8-17-16(12-15)7-9-18-19(3,13-21)10-5-11-20(17,18)4;1-2(3)4/h6,8,12,14,18H,5,7,9-11,13,21H2,1-4H3;1H3,(H,3,4)/t18-,19?,20?;/m0./s1. The summed E-state index contributed by atoms with van der Waals surface area (Å²) in [5.74, 6) is 0.544. The predicted octanol–water partition coefficient (Wildman–Crippen LogP) is 4.87. The van der Waals surface area contributed by atoms with Gasteiger partial charge in [0.2, 0.25) is 0 Å². The van der Waals surface area contributed by atoms with Crippen LogP contribution in [0, 0.1) is 11.3 Å². The fourth-order valence-corrected chi connectivity index (χ4v) is 5.25. The Bertz CT molecular complexity index is 620. The number of hydrogen-bond acceptors (Lipinski definition) is 2. The molecule has 3 heteroatoms. The second-order valence-corrected chi connectivity index (χ2v) is 8.81. The number of aliphatic carboxylic acids is 1. The van der Waals surface area contributed by atoms with Gasteiger partial charge in [-0.15, -0.1) is 0 Å². The van der Waals surface area contributed by atoms with E-state index >= 15 is 0 Å². The SMILES string of the molecule is CC(=O)O.CC(C)c1ccc2c(c1)CC[C@H]1C(C)(CN)CCCC21C. The van der Waals surface area contributed by atoms with Crippen molar-refractivity contribution in [3.05, 3.63) is 34.9 Å².